The molecule has 0 bridgehead atoms. The third-order valence-electron chi connectivity index (χ3n) is 4.72. The van der Waals surface area contributed by atoms with Crippen LogP contribution in [0.15, 0.2) is 0 Å². The number of carbonyl (C=O) groups is 2. The Balaban J connectivity index is 2.83. The zero-order chi connectivity index (χ0) is 20.2. The highest BCUT2D eigenvalue weighted by Crippen LogP contribution is 2.10. The van der Waals surface area contributed by atoms with Crippen molar-refractivity contribution in [2.45, 2.75) is 44.5 Å². The third-order valence-corrected chi connectivity index (χ3v) is 4.72. The van der Waals surface area contributed by atoms with Gasteiger partial charge in [0.25, 0.3) is 0 Å². The summed E-state index contributed by atoms with van der Waals surface area (Å²) in [7, 11) is 3.17. The average Bonchev–Trinajstić information content (AvgIpc) is 2.64. The van der Waals surface area contributed by atoms with Gasteiger partial charge >= 0.3 is 0 Å². The van der Waals surface area contributed by atoms with Crippen LogP contribution < -0.4 is 5.32 Å². The van der Waals surface area contributed by atoms with Crippen molar-refractivity contribution in [1.82, 2.24) is 15.1 Å². The van der Waals surface area contributed by atoms with Gasteiger partial charge in [0, 0.05) is 46.8 Å². The molecule has 0 spiro atoms. The Bertz CT molecular complexity index is 451. The lowest BCUT2D eigenvalue weighted by atomic mass is 10.1. The minimum absolute atomic E-state index is 0.0104. The van der Waals surface area contributed by atoms with Gasteiger partial charge in [0.05, 0.1) is 13.2 Å². The lowest BCUT2D eigenvalue weighted by Gasteiger charge is -2.31. The van der Waals surface area contributed by atoms with E-state index in [1.807, 2.05) is 0 Å². The molecule has 3 N–H and O–H groups in total. The van der Waals surface area contributed by atoms with Gasteiger partial charge in [-0.15, -0.1) is 0 Å². The lowest BCUT2D eigenvalue weighted by Crippen LogP contribution is -2.48. The van der Waals surface area contributed by atoms with Crippen LogP contribution in [0.4, 0.5) is 0 Å². The van der Waals surface area contributed by atoms with Gasteiger partial charge in [0.15, 0.2) is 0 Å². The molecule has 1 heterocycles. The summed E-state index contributed by atoms with van der Waals surface area (Å²) in [5, 5.41) is 23.3. The zero-order valence-electron chi connectivity index (χ0n) is 16.7. The van der Waals surface area contributed by atoms with Crippen LogP contribution in [0, 0.1) is 0 Å². The molecule has 1 fully saturated rings. The summed E-state index contributed by atoms with van der Waals surface area (Å²) in [5.74, 6) is -0.120. The molecule has 0 aliphatic carbocycles. The molecule has 0 unspecified atom stereocenters. The van der Waals surface area contributed by atoms with Crippen LogP contribution in [-0.2, 0) is 19.1 Å². The number of likely N-dealkylation sites (N-methyl/N-ethyl adjacent to an activating group) is 1. The molecule has 0 aromatic heterocycles. The number of methoxy groups -OCH3 is 1. The Morgan fingerprint density at radius 2 is 1.81 bits per heavy atom. The molecule has 3 atom stereocenters. The highest BCUT2D eigenvalue weighted by atomic mass is 16.5. The lowest BCUT2D eigenvalue weighted by molar-refractivity contribution is -0.136. The van der Waals surface area contributed by atoms with Crippen LogP contribution in [0.1, 0.15) is 26.2 Å². The van der Waals surface area contributed by atoms with Crippen molar-refractivity contribution in [2.24, 2.45) is 0 Å². The summed E-state index contributed by atoms with van der Waals surface area (Å²) < 4.78 is 10.7. The molecule has 1 rings (SSSR count). The summed E-state index contributed by atoms with van der Waals surface area (Å²) in [5.41, 5.74) is 0. The summed E-state index contributed by atoms with van der Waals surface area (Å²) >= 11 is 0. The maximum Gasteiger partial charge on any atom is 0.236 e. The van der Waals surface area contributed by atoms with Crippen LogP contribution in [0.5, 0.6) is 0 Å². The van der Waals surface area contributed by atoms with Crippen LogP contribution in [0.3, 0.4) is 0 Å². The predicted octanol–water partition coefficient (Wildman–Crippen LogP) is -1.18. The first-order valence-corrected chi connectivity index (χ1v) is 9.55. The third kappa shape index (κ3) is 8.52. The topological polar surface area (TPSA) is 112 Å². The molecule has 2 amide bonds. The number of ether oxygens (including phenoxy) is 2. The second-order valence-corrected chi connectivity index (χ2v) is 6.84. The van der Waals surface area contributed by atoms with Gasteiger partial charge in [-0.25, -0.2) is 0 Å². The van der Waals surface area contributed by atoms with Gasteiger partial charge in [-0.1, -0.05) is 0 Å². The quantitative estimate of drug-likeness (QED) is 0.557. The first kappa shape index (κ1) is 23.8. The predicted molar refractivity (Wildman–Crippen MR) is 100 cm³/mol. The highest BCUT2D eigenvalue weighted by molar-refractivity contribution is 5.78. The zero-order valence-corrected chi connectivity index (χ0v) is 16.7. The Labute approximate surface area is 161 Å². The molecule has 0 radical (unpaired) electrons. The van der Waals surface area contributed by atoms with Gasteiger partial charge in [0.2, 0.25) is 11.8 Å². The van der Waals surface area contributed by atoms with E-state index in [0.29, 0.717) is 32.7 Å². The van der Waals surface area contributed by atoms with Gasteiger partial charge in [-0.2, -0.15) is 0 Å². The second-order valence-electron chi connectivity index (χ2n) is 6.84. The van der Waals surface area contributed by atoms with E-state index >= 15 is 0 Å². The number of aliphatic hydroxyl groups excluding tert-OH is 2. The van der Waals surface area contributed by atoms with Crippen molar-refractivity contribution < 1.29 is 29.3 Å². The molecule has 0 saturated carbocycles. The van der Waals surface area contributed by atoms with Gasteiger partial charge in [-0.05, 0) is 26.3 Å². The minimum atomic E-state index is -1.16. The SMILES string of the molecule is CNCC(=O)N1CCCCOC[C@H](O)[C@H](O)[C@@H](OC)CN(C(C)=O)CCC1. The van der Waals surface area contributed by atoms with Crippen molar-refractivity contribution in [1.29, 1.82) is 0 Å². The number of rotatable bonds is 3. The Kier molecular flexibility index (Phi) is 11.5. The monoisotopic (exact) mass is 389 g/mol. The van der Waals surface area contributed by atoms with Crippen LogP contribution in [0.2, 0.25) is 0 Å². The van der Waals surface area contributed by atoms with E-state index in [0.717, 1.165) is 12.8 Å². The first-order chi connectivity index (χ1) is 12.9. The van der Waals surface area contributed by atoms with E-state index in [1.54, 1.807) is 16.8 Å². The fourth-order valence-electron chi connectivity index (χ4n) is 3.05. The van der Waals surface area contributed by atoms with E-state index < -0.39 is 18.3 Å². The maximum atomic E-state index is 12.3. The molecule has 27 heavy (non-hydrogen) atoms. The molecule has 9 heteroatoms. The van der Waals surface area contributed by atoms with Gasteiger partial charge < -0.3 is 34.8 Å². The molecule has 9 nitrogen and oxygen atoms in total. The van der Waals surface area contributed by atoms with E-state index in [1.165, 1.54) is 14.0 Å². The number of carbonyl (C=O) groups excluding carboxylic acids is 2. The number of amides is 2. The molecule has 0 aromatic carbocycles. The van der Waals surface area contributed by atoms with Crippen LogP contribution in [-0.4, -0.2) is 110 Å². The van der Waals surface area contributed by atoms with Crippen molar-refractivity contribution in [3.63, 3.8) is 0 Å². The van der Waals surface area contributed by atoms with Crippen LogP contribution in [0.25, 0.3) is 0 Å². The van der Waals surface area contributed by atoms with Crippen molar-refractivity contribution >= 4 is 11.8 Å². The number of aliphatic hydroxyl groups is 2. The number of hydrogen-bond acceptors (Lipinski definition) is 7. The van der Waals surface area contributed by atoms with E-state index in [4.69, 9.17) is 9.47 Å². The van der Waals surface area contributed by atoms with Crippen molar-refractivity contribution in [3.8, 4) is 0 Å². The summed E-state index contributed by atoms with van der Waals surface area (Å²) in [6.45, 7) is 3.93. The Morgan fingerprint density at radius 1 is 1.15 bits per heavy atom. The smallest absolute Gasteiger partial charge is 0.236 e. The summed E-state index contributed by atoms with van der Waals surface area (Å²) in [6.07, 6.45) is -0.816. The van der Waals surface area contributed by atoms with Crippen LogP contribution >= 0.6 is 0 Å². The summed E-state index contributed by atoms with van der Waals surface area (Å²) in [6, 6.07) is 0. The maximum absolute atomic E-state index is 12.3. The fraction of sp³-hybridized carbons (Fsp3) is 0.889. The number of nitrogens with zero attached hydrogens (tertiary/aromatic N) is 2. The fourth-order valence-corrected chi connectivity index (χ4v) is 3.05. The molecule has 0 aromatic rings. The first-order valence-electron chi connectivity index (χ1n) is 9.55. The van der Waals surface area contributed by atoms with E-state index in [9.17, 15) is 19.8 Å². The van der Waals surface area contributed by atoms with Gasteiger partial charge in [0.1, 0.15) is 18.3 Å². The molecule has 1 aliphatic heterocycles. The molecular weight excluding hydrogens is 354 g/mol. The number of nitrogens with one attached hydrogen (secondary N) is 1. The number of hydrogen-bond donors (Lipinski definition) is 3. The van der Waals surface area contributed by atoms with Crippen molar-refractivity contribution in [3.05, 3.63) is 0 Å². The molecular formula is C18H35N3O6. The molecule has 1 saturated heterocycles. The van der Waals surface area contributed by atoms with E-state index in [2.05, 4.69) is 5.32 Å². The Morgan fingerprint density at radius 3 is 2.44 bits per heavy atom. The molecule has 158 valence electrons. The van der Waals surface area contributed by atoms with Crippen molar-refractivity contribution in [2.75, 3.05) is 60.1 Å². The largest absolute Gasteiger partial charge is 0.388 e. The Hall–Kier alpha value is -1.26. The van der Waals surface area contributed by atoms with E-state index in [-0.39, 0.29) is 31.5 Å². The second kappa shape index (κ2) is 13.0. The minimum Gasteiger partial charge on any atom is -0.388 e. The molecule has 1 aliphatic rings. The normalized spacial score (nSPS) is 26.9. The highest BCUT2D eigenvalue weighted by Gasteiger charge is 2.29. The standard InChI is InChI=1S/C18H35N3O6/c1-14(22)21-9-6-8-20(17(24)11-19-2)7-4-5-10-27-13-15(23)18(25)16(12-21)26-3/h15-16,18-19,23,25H,4-13H2,1-3H3/t15-,16-,18-/m0/s1. The summed E-state index contributed by atoms with van der Waals surface area (Å²) in [4.78, 5) is 27.6. The van der Waals surface area contributed by atoms with Gasteiger partial charge in [-0.3, -0.25) is 9.59 Å². The average molecular weight is 389 g/mol.